The highest BCUT2D eigenvalue weighted by Crippen LogP contribution is 2.00. The van der Waals surface area contributed by atoms with Gasteiger partial charge < -0.3 is 15.2 Å². The molecule has 13 heavy (non-hydrogen) atoms. The summed E-state index contributed by atoms with van der Waals surface area (Å²) in [6.07, 6.45) is 0.391. The summed E-state index contributed by atoms with van der Waals surface area (Å²) in [7, 11) is 0. The molecule has 1 unspecified atom stereocenters. The standard InChI is InChI=1S/C9H19NO3/c1-3-12-4-5-13-9(11)6-8(2)7-10/h8H,3-7,10H2,1-2H3. The highest BCUT2D eigenvalue weighted by molar-refractivity contribution is 5.69. The van der Waals surface area contributed by atoms with Gasteiger partial charge in [0, 0.05) is 13.0 Å². The molecule has 0 saturated heterocycles. The Balaban J connectivity index is 3.30. The maximum Gasteiger partial charge on any atom is 0.306 e. The Morgan fingerprint density at radius 3 is 2.69 bits per heavy atom. The van der Waals surface area contributed by atoms with E-state index in [2.05, 4.69) is 0 Å². The van der Waals surface area contributed by atoms with E-state index in [0.717, 1.165) is 0 Å². The predicted octanol–water partition coefficient (Wildman–Crippen LogP) is 0.551. The minimum atomic E-state index is -0.197. The molecular formula is C9H19NO3. The van der Waals surface area contributed by atoms with Gasteiger partial charge in [-0.1, -0.05) is 6.92 Å². The largest absolute Gasteiger partial charge is 0.463 e. The lowest BCUT2D eigenvalue weighted by Gasteiger charge is -2.08. The molecule has 0 amide bonds. The van der Waals surface area contributed by atoms with Crippen LogP contribution in [0.25, 0.3) is 0 Å². The summed E-state index contributed by atoms with van der Waals surface area (Å²) < 4.78 is 9.91. The van der Waals surface area contributed by atoms with E-state index in [1.807, 2.05) is 13.8 Å². The Hall–Kier alpha value is -0.610. The van der Waals surface area contributed by atoms with Crippen molar-refractivity contribution in [2.45, 2.75) is 20.3 Å². The molecule has 2 N–H and O–H groups in total. The number of hydrogen-bond acceptors (Lipinski definition) is 4. The SMILES string of the molecule is CCOCCOC(=O)CC(C)CN. The van der Waals surface area contributed by atoms with Crippen molar-refractivity contribution in [1.82, 2.24) is 0 Å². The molecule has 0 aliphatic heterocycles. The van der Waals surface area contributed by atoms with Crippen molar-refractivity contribution in [3.05, 3.63) is 0 Å². The van der Waals surface area contributed by atoms with Gasteiger partial charge in [-0.25, -0.2) is 0 Å². The van der Waals surface area contributed by atoms with Crippen LogP contribution in [0.3, 0.4) is 0 Å². The molecule has 0 aliphatic rings. The molecule has 78 valence electrons. The van der Waals surface area contributed by atoms with Crippen LogP contribution >= 0.6 is 0 Å². The number of rotatable bonds is 7. The Morgan fingerprint density at radius 1 is 1.46 bits per heavy atom. The molecular weight excluding hydrogens is 170 g/mol. The molecule has 0 rings (SSSR count). The third-order valence-electron chi connectivity index (χ3n) is 1.61. The van der Waals surface area contributed by atoms with Crippen LogP contribution in [0.1, 0.15) is 20.3 Å². The molecule has 0 heterocycles. The van der Waals surface area contributed by atoms with E-state index >= 15 is 0 Å². The third-order valence-corrected chi connectivity index (χ3v) is 1.61. The normalized spacial score (nSPS) is 12.5. The summed E-state index contributed by atoms with van der Waals surface area (Å²) in [6, 6.07) is 0. The first-order valence-electron chi connectivity index (χ1n) is 4.64. The van der Waals surface area contributed by atoms with E-state index in [9.17, 15) is 4.79 Å². The first-order valence-corrected chi connectivity index (χ1v) is 4.64. The third kappa shape index (κ3) is 7.74. The van der Waals surface area contributed by atoms with Crippen LogP contribution < -0.4 is 5.73 Å². The summed E-state index contributed by atoms with van der Waals surface area (Å²) in [6.45, 7) is 5.79. The van der Waals surface area contributed by atoms with E-state index in [4.69, 9.17) is 15.2 Å². The van der Waals surface area contributed by atoms with Crippen LogP contribution in [0.15, 0.2) is 0 Å². The van der Waals surface area contributed by atoms with Gasteiger partial charge in [-0.15, -0.1) is 0 Å². The van der Waals surface area contributed by atoms with Crippen LogP contribution in [0.4, 0.5) is 0 Å². The van der Waals surface area contributed by atoms with Crippen LogP contribution in [0.5, 0.6) is 0 Å². The predicted molar refractivity (Wildman–Crippen MR) is 50.3 cm³/mol. The number of carbonyl (C=O) groups excluding carboxylic acids is 1. The number of esters is 1. The summed E-state index contributed by atoms with van der Waals surface area (Å²) in [5.74, 6) is -0.00255. The Bertz CT molecular complexity index is 139. The summed E-state index contributed by atoms with van der Waals surface area (Å²) in [5, 5.41) is 0. The van der Waals surface area contributed by atoms with E-state index in [1.165, 1.54) is 0 Å². The minimum absolute atomic E-state index is 0.194. The van der Waals surface area contributed by atoms with Gasteiger partial charge in [-0.05, 0) is 19.4 Å². The van der Waals surface area contributed by atoms with Gasteiger partial charge in [0.25, 0.3) is 0 Å². The van der Waals surface area contributed by atoms with Crippen molar-refractivity contribution in [3.8, 4) is 0 Å². The zero-order valence-electron chi connectivity index (χ0n) is 8.41. The molecule has 4 nitrogen and oxygen atoms in total. The Morgan fingerprint density at radius 2 is 2.15 bits per heavy atom. The van der Waals surface area contributed by atoms with Gasteiger partial charge in [0.15, 0.2) is 0 Å². The number of nitrogens with two attached hydrogens (primary N) is 1. The first kappa shape index (κ1) is 12.4. The molecule has 0 radical (unpaired) electrons. The van der Waals surface area contributed by atoms with Crippen molar-refractivity contribution < 1.29 is 14.3 Å². The monoisotopic (exact) mass is 189 g/mol. The first-order chi connectivity index (χ1) is 6.20. The fourth-order valence-electron chi connectivity index (χ4n) is 0.786. The van der Waals surface area contributed by atoms with Crippen LogP contribution in [-0.2, 0) is 14.3 Å². The average molecular weight is 189 g/mol. The molecule has 0 saturated carbocycles. The molecule has 1 atom stereocenters. The zero-order valence-corrected chi connectivity index (χ0v) is 8.41. The van der Waals surface area contributed by atoms with Gasteiger partial charge in [-0.3, -0.25) is 4.79 Å². The molecule has 0 aliphatic carbocycles. The fourth-order valence-corrected chi connectivity index (χ4v) is 0.786. The van der Waals surface area contributed by atoms with Crippen molar-refractivity contribution in [1.29, 1.82) is 0 Å². The van der Waals surface area contributed by atoms with Gasteiger partial charge in [-0.2, -0.15) is 0 Å². The Kier molecular flexibility index (Phi) is 7.63. The van der Waals surface area contributed by atoms with Gasteiger partial charge in [0.05, 0.1) is 6.61 Å². The van der Waals surface area contributed by atoms with E-state index in [1.54, 1.807) is 0 Å². The Labute approximate surface area is 79.4 Å². The second kappa shape index (κ2) is 8.01. The van der Waals surface area contributed by atoms with Crippen molar-refractivity contribution in [3.63, 3.8) is 0 Å². The zero-order chi connectivity index (χ0) is 10.1. The summed E-state index contributed by atoms with van der Waals surface area (Å²) >= 11 is 0. The highest BCUT2D eigenvalue weighted by atomic mass is 16.6. The van der Waals surface area contributed by atoms with Gasteiger partial charge >= 0.3 is 5.97 Å². The number of carbonyl (C=O) groups is 1. The van der Waals surface area contributed by atoms with Gasteiger partial charge in [0.1, 0.15) is 6.61 Å². The van der Waals surface area contributed by atoms with Crippen LogP contribution in [0.2, 0.25) is 0 Å². The summed E-state index contributed by atoms with van der Waals surface area (Å²) in [4.78, 5) is 11.0. The summed E-state index contributed by atoms with van der Waals surface area (Å²) in [5.41, 5.74) is 5.36. The maximum atomic E-state index is 11.0. The van der Waals surface area contributed by atoms with Crippen molar-refractivity contribution in [2.24, 2.45) is 11.7 Å². The average Bonchev–Trinajstić information content (AvgIpc) is 2.12. The molecule has 0 fully saturated rings. The van der Waals surface area contributed by atoms with E-state index in [0.29, 0.717) is 32.8 Å². The van der Waals surface area contributed by atoms with Crippen LogP contribution in [0, 0.1) is 5.92 Å². The second-order valence-corrected chi connectivity index (χ2v) is 2.96. The molecule has 0 spiro atoms. The maximum absolute atomic E-state index is 11.0. The molecule has 0 aromatic heterocycles. The second-order valence-electron chi connectivity index (χ2n) is 2.96. The van der Waals surface area contributed by atoms with Gasteiger partial charge in [0.2, 0.25) is 0 Å². The van der Waals surface area contributed by atoms with Crippen molar-refractivity contribution in [2.75, 3.05) is 26.4 Å². The topological polar surface area (TPSA) is 61.5 Å². The number of ether oxygens (including phenoxy) is 2. The lowest BCUT2D eigenvalue weighted by Crippen LogP contribution is -2.18. The van der Waals surface area contributed by atoms with E-state index in [-0.39, 0.29) is 11.9 Å². The minimum Gasteiger partial charge on any atom is -0.463 e. The molecule has 0 aromatic carbocycles. The fraction of sp³-hybridized carbons (Fsp3) is 0.889. The number of hydrogen-bond donors (Lipinski definition) is 1. The van der Waals surface area contributed by atoms with Crippen LogP contribution in [-0.4, -0.2) is 32.3 Å². The van der Waals surface area contributed by atoms with E-state index < -0.39 is 0 Å². The van der Waals surface area contributed by atoms with Crippen molar-refractivity contribution >= 4 is 5.97 Å². The lowest BCUT2D eigenvalue weighted by atomic mass is 10.1. The quantitative estimate of drug-likeness (QED) is 0.469. The lowest BCUT2D eigenvalue weighted by molar-refractivity contribution is -0.146. The molecule has 0 bridgehead atoms. The smallest absolute Gasteiger partial charge is 0.306 e. The molecule has 0 aromatic rings. The highest BCUT2D eigenvalue weighted by Gasteiger charge is 2.07. The molecule has 4 heteroatoms.